The summed E-state index contributed by atoms with van der Waals surface area (Å²) in [6, 6.07) is -0.206. The first kappa shape index (κ1) is 16.1. The van der Waals surface area contributed by atoms with Gasteiger partial charge in [-0.15, -0.1) is 0 Å². The molecule has 110 valence electrons. The van der Waals surface area contributed by atoms with Crippen molar-refractivity contribution in [1.82, 2.24) is 20.1 Å². The molecule has 0 aliphatic carbocycles. The highest BCUT2D eigenvalue weighted by molar-refractivity contribution is 7.92. The molecule has 1 aromatic heterocycles. The van der Waals surface area contributed by atoms with E-state index in [0.29, 0.717) is 6.42 Å². The van der Waals surface area contributed by atoms with Gasteiger partial charge in [-0.1, -0.05) is 6.92 Å². The van der Waals surface area contributed by atoms with Gasteiger partial charge in [0.05, 0.1) is 4.75 Å². The lowest BCUT2D eigenvalue weighted by Gasteiger charge is -2.32. The second kappa shape index (κ2) is 6.00. The van der Waals surface area contributed by atoms with Crippen LogP contribution in [0.3, 0.4) is 0 Å². The van der Waals surface area contributed by atoms with E-state index in [1.807, 2.05) is 4.68 Å². The van der Waals surface area contributed by atoms with Crippen LogP contribution in [0.25, 0.3) is 0 Å². The summed E-state index contributed by atoms with van der Waals surface area (Å²) in [6.45, 7) is 6.35. The fourth-order valence-corrected chi connectivity index (χ4v) is 2.70. The number of hydrogen-bond acceptors (Lipinski definition) is 5. The molecule has 0 radical (unpaired) electrons. The molecule has 0 fully saturated rings. The first-order valence-electron chi connectivity index (χ1n) is 6.47. The number of nitrogens with one attached hydrogen (secondary N) is 1. The molecule has 0 spiro atoms. The van der Waals surface area contributed by atoms with E-state index in [4.69, 9.17) is 0 Å². The monoisotopic (exact) mass is 288 g/mol. The molecule has 7 heteroatoms. The quantitative estimate of drug-likeness (QED) is 0.797. The van der Waals surface area contributed by atoms with Crippen molar-refractivity contribution in [3.05, 3.63) is 12.2 Å². The average Bonchev–Trinajstić information content (AvgIpc) is 2.72. The van der Waals surface area contributed by atoms with Crippen molar-refractivity contribution in [2.45, 2.75) is 50.9 Å². The van der Waals surface area contributed by atoms with Gasteiger partial charge in [-0.2, -0.15) is 5.10 Å². The fourth-order valence-electron chi connectivity index (χ4n) is 1.98. The Bertz CT molecular complexity index is 508. The Labute approximate surface area is 115 Å². The Morgan fingerprint density at radius 3 is 2.58 bits per heavy atom. The van der Waals surface area contributed by atoms with Crippen molar-refractivity contribution in [1.29, 1.82) is 0 Å². The number of nitrogens with zero attached hydrogens (tertiary/aromatic N) is 3. The van der Waals surface area contributed by atoms with Gasteiger partial charge in [-0.05, 0) is 27.3 Å². The second-order valence-electron chi connectivity index (χ2n) is 5.32. The molecule has 1 heterocycles. The van der Waals surface area contributed by atoms with Gasteiger partial charge < -0.3 is 5.32 Å². The lowest BCUT2D eigenvalue weighted by Crippen LogP contribution is -2.51. The van der Waals surface area contributed by atoms with Gasteiger partial charge in [0.1, 0.15) is 12.2 Å². The summed E-state index contributed by atoms with van der Waals surface area (Å²) in [5.41, 5.74) is 0. The highest BCUT2D eigenvalue weighted by atomic mass is 32.2. The second-order valence-corrected chi connectivity index (χ2v) is 7.92. The van der Waals surface area contributed by atoms with E-state index in [2.05, 4.69) is 22.3 Å². The van der Waals surface area contributed by atoms with Crippen LogP contribution in [-0.2, 0) is 22.8 Å². The topological polar surface area (TPSA) is 76.9 Å². The van der Waals surface area contributed by atoms with E-state index in [1.54, 1.807) is 20.9 Å². The smallest absolute Gasteiger partial charge is 0.154 e. The van der Waals surface area contributed by atoms with Crippen LogP contribution in [-0.4, -0.2) is 47.3 Å². The third-order valence-corrected chi connectivity index (χ3v) is 5.86. The van der Waals surface area contributed by atoms with Gasteiger partial charge in [-0.25, -0.2) is 13.4 Å². The first-order valence-corrected chi connectivity index (χ1v) is 8.36. The zero-order valence-electron chi connectivity index (χ0n) is 12.3. The molecule has 19 heavy (non-hydrogen) atoms. The molecule has 1 N–H and O–H groups in total. The highest BCUT2D eigenvalue weighted by Crippen LogP contribution is 2.22. The summed E-state index contributed by atoms with van der Waals surface area (Å²) in [6.07, 6.45) is 4.30. The molecule has 0 saturated heterocycles. The zero-order valence-corrected chi connectivity index (χ0v) is 13.2. The molecule has 0 bridgehead atoms. The molecule has 0 amide bonds. The van der Waals surface area contributed by atoms with Gasteiger partial charge >= 0.3 is 0 Å². The van der Waals surface area contributed by atoms with E-state index in [1.165, 1.54) is 12.6 Å². The molecular weight excluding hydrogens is 264 g/mol. The minimum absolute atomic E-state index is 0.206. The van der Waals surface area contributed by atoms with Crippen molar-refractivity contribution in [2.24, 2.45) is 0 Å². The van der Waals surface area contributed by atoms with Gasteiger partial charge in [0.25, 0.3) is 0 Å². The van der Waals surface area contributed by atoms with Crippen molar-refractivity contribution in [2.75, 3.05) is 13.3 Å². The zero-order chi connectivity index (χ0) is 14.7. The molecule has 1 aromatic rings. The van der Waals surface area contributed by atoms with Crippen LogP contribution >= 0.6 is 0 Å². The molecule has 0 aliphatic rings. The third kappa shape index (κ3) is 3.54. The van der Waals surface area contributed by atoms with Crippen molar-refractivity contribution in [3.8, 4) is 0 Å². The Hall–Kier alpha value is -0.950. The minimum Gasteiger partial charge on any atom is -0.315 e. The van der Waals surface area contributed by atoms with Crippen LogP contribution in [0.5, 0.6) is 0 Å². The Morgan fingerprint density at radius 2 is 2.11 bits per heavy atom. The van der Waals surface area contributed by atoms with Gasteiger partial charge in [0.15, 0.2) is 9.84 Å². The van der Waals surface area contributed by atoms with E-state index in [9.17, 15) is 8.42 Å². The summed E-state index contributed by atoms with van der Waals surface area (Å²) in [7, 11) is -1.39. The van der Waals surface area contributed by atoms with E-state index < -0.39 is 14.6 Å². The average molecular weight is 288 g/mol. The van der Waals surface area contributed by atoms with Gasteiger partial charge in [-0.3, -0.25) is 4.68 Å². The summed E-state index contributed by atoms with van der Waals surface area (Å²) < 4.78 is 24.8. The number of likely N-dealkylation sites (N-methyl/N-ethyl adjacent to an activating group) is 1. The summed E-state index contributed by atoms with van der Waals surface area (Å²) in [5.74, 6) is 0.818. The molecule has 1 unspecified atom stereocenters. The standard InChI is InChI=1S/C12H24N4O2S/c1-6-7-16-11(14-9-15-16)8-10(13-4)12(2,3)19(5,17)18/h9-10,13H,6-8H2,1-5H3. The predicted octanol–water partition coefficient (Wildman–Crippen LogP) is 0.642. The lowest BCUT2D eigenvalue weighted by molar-refractivity contribution is 0.414. The number of aryl methyl sites for hydroxylation is 1. The maximum atomic E-state index is 11.9. The molecule has 6 nitrogen and oxygen atoms in total. The SMILES string of the molecule is CCCn1ncnc1CC(NC)C(C)(C)S(C)(=O)=O. The summed E-state index contributed by atoms with van der Waals surface area (Å²) >= 11 is 0. The summed E-state index contributed by atoms with van der Waals surface area (Å²) in [4.78, 5) is 4.24. The molecular formula is C12H24N4O2S. The Balaban J connectivity index is 2.97. The van der Waals surface area contributed by atoms with Crippen molar-refractivity contribution >= 4 is 9.84 Å². The highest BCUT2D eigenvalue weighted by Gasteiger charge is 2.38. The minimum atomic E-state index is -3.16. The Kier molecular flexibility index (Phi) is 5.09. The van der Waals surface area contributed by atoms with Crippen LogP contribution in [0.1, 0.15) is 33.0 Å². The fraction of sp³-hybridized carbons (Fsp3) is 0.833. The van der Waals surface area contributed by atoms with Crippen molar-refractivity contribution < 1.29 is 8.42 Å². The van der Waals surface area contributed by atoms with Crippen LogP contribution < -0.4 is 5.32 Å². The van der Waals surface area contributed by atoms with Gasteiger partial charge in [0.2, 0.25) is 0 Å². The maximum absolute atomic E-state index is 11.9. The Morgan fingerprint density at radius 1 is 1.47 bits per heavy atom. The third-order valence-electron chi connectivity index (χ3n) is 3.66. The van der Waals surface area contributed by atoms with Crippen LogP contribution in [0.15, 0.2) is 6.33 Å². The number of rotatable bonds is 7. The first-order chi connectivity index (χ1) is 8.74. The molecule has 1 rings (SSSR count). The predicted molar refractivity (Wildman–Crippen MR) is 75.8 cm³/mol. The van der Waals surface area contributed by atoms with E-state index in [-0.39, 0.29) is 6.04 Å². The maximum Gasteiger partial charge on any atom is 0.154 e. The summed E-state index contributed by atoms with van der Waals surface area (Å²) in [5, 5.41) is 7.26. The lowest BCUT2D eigenvalue weighted by atomic mass is 9.99. The molecule has 0 aromatic carbocycles. The normalized spacial score (nSPS) is 14.6. The van der Waals surface area contributed by atoms with Gasteiger partial charge in [0, 0.05) is 25.3 Å². The largest absolute Gasteiger partial charge is 0.315 e. The number of hydrogen-bond donors (Lipinski definition) is 1. The molecule has 1 atom stereocenters. The molecule has 0 aliphatic heterocycles. The number of aromatic nitrogens is 3. The molecule has 0 saturated carbocycles. The number of sulfone groups is 1. The van der Waals surface area contributed by atoms with E-state index >= 15 is 0 Å². The van der Waals surface area contributed by atoms with Crippen LogP contribution in [0.4, 0.5) is 0 Å². The van der Waals surface area contributed by atoms with Crippen LogP contribution in [0, 0.1) is 0 Å². The van der Waals surface area contributed by atoms with E-state index in [0.717, 1.165) is 18.8 Å². The van der Waals surface area contributed by atoms with Crippen molar-refractivity contribution in [3.63, 3.8) is 0 Å². The van der Waals surface area contributed by atoms with Crippen LogP contribution in [0.2, 0.25) is 0 Å².